The van der Waals surface area contributed by atoms with E-state index in [1.807, 2.05) is 54.8 Å². The average Bonchev–Trinajstić information content (AvgIpc) is 3.07. The van der Waals surface area contributed by atoms with Crippen molar-refractivity contribution in [3.8, 4) is 5.69 Å². The average molecular weight is 332 g/mol. The molecule has 0 amide bonds. The number of halogens is 1. The van der Waals surface area contributed by atoms with Crippen LogP contribution in [0.1, 0.15) is 17.8 Å². The van der Waals surface area contributed by atoms with Crippen molar-refractivity contribution in [1.29, 1.82) is 0 Å². The fraction of sp³-hybridized carbons (Fsp3) is 0.125. The summed E-state index contributed by atoms with van der Waals surface area (Å²) in [4.78, 5) is 13.6. The number of benzene rings is 1. The van der Waals surface area contributed by atoms with Gasteiger partial charge in [0, 0.05) is 4.88 Å². The highest BCUT2D eigenvalue weighted by atomic mass is 35.5. The third-order valence-electron chi connectivity index (χ3n) is 3.26. The summed E-state index contributed by atoms with van der Waals surface area (Å²) in [7, 11) is 0. The Hall–Kier alpha value is -2.11. The summed E-state index contributed by atoms with van der Waals surface area (Å²) >= 11 is 7.87. The van der Waals surface area contributed by atoms with Gasteiger partial charge < -0.3 is 5.32 Å². The van der Waals surface area contributed by atoms with E-state index in [4.69, 9.17) is 11.6 Å². The van der Waals surface area contributed by atoms with Gasteiger partial charge in [0.05, 0.1) is 23.6 Å². The molecule has 1 N–H and O–H groups in total. The smallest absolute Gasteiger partial charge is 0.292 e. The normalized spacial score (nSPS) is 12.1. The molecule has 4 nitrogen and oxygen atoms in total. The molecule has 6 heteroatoms. The molecular weight excluding hydrogens is 318 g/mol. The molecule has 2 heterocycles. The number of thiophene rings is 1. The summed E-state index contributed by atoms with van der Waals surface area (Å²) in [5.74, 6) is 0. The first kappa shape index (κ1) is 14.8. The number of aromatic nitrogens is 2. The first-order valence-corrected chi connectivity index (χ1v) is 8.06. The Kier molecular flexibility index (Phi) is 4.27. The highest BCUT2D eigenvalue weighted by Gasteiger charge is 2.13. The molecule has 0 saturated heterocycles. The van der Waals surface area contributed by atoms with Crippen molar-refractivity contribution >= 4 is 28.6 Å². The quantitative estimate of drug-likeness (QED) is 0.782. The Morgan fingerprint density at radius 2 is 2.00 bits per heavy atom. The van der Waals surface area contributed by atoms with Crippen LogP contribution in [0, 0.1) is 0 Å². The van der Waals surface area contributed by atoms with Crippen molar-refractivity contribution in [2.75, 3.05) is 5.32 Å². The van der Waals surface area contributed by atoms with Gasteiger partial charge in [-0.2, -0.15) is 9.78 Å². The van der Waals surface area contributed by atoms with Crippen LogP contribution in [0.15, 0.2) is 58.8 Å². The summed E-state index contributed by atoms with van der Waals surface area (Å²) in [6, 6.07) is 13.3. The molecule has 2 aromatic heterocycles. The van der Waals surface area contributed by atoms with Gasteiger partial charge in [0.25, 0.3) is 5.56 Å². The molecule has 1 aromatic carbocycles. The van der Waals surface area contributed by atoms with E-state index in [2.05, 4.69) is 10.4 Å². The summed E-state index contributed by atoms with van der Waals surface area (Å²) in [5.41, 5.74) is 0.892. The minimum atomic E-state index is -0.337. The van der Waals surface area contributed by atoms with Crippen molar-refractivity contribution < 1.29 is 0 Å². The first-order chi connectivity index (χ1) is 10.7. The highest BCUT2D eigenvalue weighted by Crippen LogP contribution is 2.25. The second-order valence-electron chi connectivity index (χ2n) is 4.81. The number of anilines is 1. The number of para-hydroxylation sites is 1. The van der Waals surface area contributed by atoms with Gasteiger partial charge in [0.2, 0.25) is 0 Å². The van der Waals surface area contributed by atoms with Gasteiger partial charge in [0.1, 0.15) is 5.02 Å². The molecule has 0 aliphatic carbocycles. The molecule has 3 rings (SSSR count). The lowest BCUT2D eigenvalue weighted by Gasteiger charge is -2.15. The SMILES string of the molecule is C[C@H](Nc1cnn(-c2ccccc2)c(=O)c1Cl)c1cccs1. The second kappa shape index (κ2) is 6.34. The van der Waals surface area contributed by atoms with Gasteiger partial charge in [-0.25, -0.2) is 0 Å². The predicted octanol–water partition coefficient (Wildman–Crippen LogP) is 4.12. The van der Waals surface area contributed by atoms with Crippen molar-refractivity contribution in [1.82, 2.24) is 9.78 Å². The lowest BCUT2D eigenvalue weighted by atomic mass is 10.2. The molecule has 0 unspecified atom stereocenters. The monoisotopic (exact) mass is 331 g/mol. The predicted molar refractivity (Wildman–Crippen MR) is 91.2 cm³/mol. The zero-order valence-electron chi connectivity index (χ0n) is 11.9. The summed E-state index contributed by atoms with van der Waals surface area (Å²) in [6.07, 6.45) is 1.58. The number of rotatable bonds is 4. The lowest BCUT2D eigenvalue weighted by Crippen LogP contribution is -2.23. The van der Waals surface area contributed by atoms with E-state index in [9.17, 15) is 4.79 Å². The van der Waals surface area contributed by atoms with Gasteiger partial charge in [-0.3, -0.25) is 4.79 Å². The molecule has 0 aliphatic rings. The van der Waals surface area contributed by atoms with Crippen LogP contribution in [-0.2, 0) is 0 Å². The Morgan fingerprint density at radius 3 is 2.68 bits per heavy atom. The number of hydrogen-bond acceptors (Lipinski definition) is 4. The molecule has 112 valence electrons. The lowest BCUT2D eigenvalue weighted by molar-refractivity contribution is 0.801. The van der Waals surface area contributed by atoms with E-state index in [0.717, 1.165) is 0 Å². The molecule has 0 aliphatic heterocycles. The topological polar surface area (TPSA) is 46.9 Å². The largest absolute Gasteiger partial charge is 0.375 e. The Bertz CT molecular complexity index is 815. The van der Waals surface area contributed by atoms with Crippen LogP contribution in [0.4, 0.5) is 5.69 Å². The minimum Gasteiger partial charge on any atom is -0.375 e. The van der Waals surface area contributed by atoms with E-state index in [0.29, 0.717) is 11.4 Å². The Morgan fingerprint density at radius 1 is 1.23 bits per heavy atom. The van der Waals surface area contributed by atoms with E-state index in [-0.39, 0.29) is 16.6 Å². The third kappa shape index (κ3) is 2.91. The number of hydrogen-bond donors (Lipinski definition) is 1. The maximum atomic E-state index is 12.4. The van der Waals surface area contributed by atoms with Crippen LogP contribution in [-0.4, -0.2) is 9.78 Å². The third-order valence-corrected chi connectivity index (χ3v) is 4.68. The minimum absolute atomic E-state index is 0.0614. The van der Waals surface area contributed by atoms with E-state index in [1.165, 1.54) is 9.56 Å². The molecule has 0 bridgehead atoms. The molecule has 0 spiro atoms. The molecular formula is C16H14ClN3OS. The molecule has 0 radical (unpaired) electrons. The standard InChI is InChI=1S/C16H14ClN3OS/c1-11(14-8-5-9-22-14)19-13-10-18-20(16(21)15(13)17)12-6-3-2-4-7-12/h2-11,19H,1H3/t11-/m0/s1. The van der Waals surface area contributed by atoms with Gasteiger partial charge in [-0.15, -0.1) is 11.3 Å². The molecule has 1 atom stereocenters. The highest BCUT2D eigenvalue weighted by molar-refractivity contribution is 7.10. The van der Waals surface area contributed by atoms with Crippen LogP contribution in [0.5, 0.6) is 0 Å². The zero-order chi connectivity index (χ0) is 15.5. The van der Waals surface area contributed by atoms with Crippen molar-refractivity contribution in [2.45, 2.75) is 13.0 Å². The summed E-state index contributed by atoms with van der Waals surface area (Å²) < 4.78 is 1.29. The van der Waals surface area contributed by atoms with Gasteiger partial charge in [-0.1, -0.05) is 35.9 Å². The van der Waals surface area contributed by atoms with Crippen LogP contribution >= 0.6 is 22.9 Å². The number of nitrogens with zero attached hydrogens (tertiary/aromatic N) is 2. The van der Waals surface area contributed by atoms with E-state index in [1.54, 1.807) is 17.5 Å². The molecule has 3 aromatic rings. The van der Waals surface area contributed by atoms with E-state index < -0.39 is 0 Å². The fourth-order valence-corrected chi connectivity index (χ4v) is 3.05. The summed E-state index contributed by atoms with van der Waals surface area (Å²) in [5, 5.41) is 9.59. The van der Waals surface area contributed by atoms with Crippen LogP contribution < -0.4 is 10.9 Å². The number of nitrogens with one attached hydrogen (secondary N) is 1. The Labute approximate surface area is 137 Å². The summed E-state index contributed by atoms with van der Waals surface area (Å²) in [6.45, 7) is 2.02. The fourth-order valence-electron chi connectivity index (χ4n) is 2.13. The first-order valence-electron chi connectivity index (χ1n) is 6.80. The van der Waals surface area contributed by atoms with E-state index >= 15 is 0 Å². The molecule has 0 fully saturated rings. The van der Waals surface area contributed by atoms with Crippen molar-refractivity contribution in [3.63, 3.8) is 0 Å². The zero-order valence-corrected chi connectivity index (χ0v) is 13.4. The van der Waals surface area contributed by atoms with Crippen molar-refractivity contribution in [2.24, 2.45) is 0 Å². The van der Waals surface area contributed by atoms with Crippen LogP contribution in [0.2, 0.25) is 5.02 Å². The van der Waals surface area contributed by atoms with Crippen molar-refractivity contribution in [3.05, 3.63) is 74.3 Å². The van der Waals surface area contributed by atoms with Crippen LogP contribution in [0.3, 0.4) is 0 Å². The van der Waals surface area contributed by atoms with Gasteiger partial charge in [0.15, 0.2) is 0 Å². The van der Waals surface area contributed by atoms with Crippen LogP contribution in [0.25, 0.3) is 5.69 Å². The van der Waals surface area contributed by atoms with Gasteiger partial charge in [-0.05, 0) is 30.5 Å². The second-order valence-corrected chi connectivity index (χ2v) is 6.16. The molecule has 22 heavy (non-hydrogen) atoms. The maximum Gasteiger partial charge on any atom is 0.292 e. The maximum absolute atomic E-state index is 12.4. The van der Waals surface area contributed by atoms with Gasteiger partial charge >= 0.3 is 0 Å². The Balaban J connectivity index is 1.92. The molecule has 0 saturated carbocycles.